The second-order valence-electron chi connectivity index (χ2n) is 3.92. The molecule has 0 aliphatic heterocycles. The Labute approximate surface area is 106 Å². The smallest absolute Gasteiger partial charge is 0.173 e. The molecule has 0 aromatic heterocycles. The highest BCUT2D eigenvalue weighted by Gasteiger charge is 2.11. The monoisotopic (exact) mass is 286 g/mol. The van der Waals surface area contributed by atoms with Crippen LogP contribution in [0.2, 0.25) is 0 Å². The zero-order valence-corrected chi connectivity index (χ0v) is 11.4. The Balaban J connectivity index is 2.39. The van der Waals surface area contributed by atoms with Gasteiger partial charge in [0.25, 0.3) is 0 Å². The standard InChI is InChI=1S/C13H19BrO2/c1-2-3-4-8-16-12-7-5-6-11(9-12)13(15)10-14/h6,9H,2-5,7-8,10H2,1H3. The van der Waals surface area contributed by atoms with Crippen LogP contribution in [0.15, 0.2) is 23.5 Å². The Bertz CT molecular complexity index is 292. The van der Waals surface area contributed by atoms with Gasteiger partial charge in [-0.15, -0.1) is 0 Å². The number of ketones is 1. The normalized spacial score (nSPS) is 15.4. The molecule has 1 aliphatic carbocycles. The van der Waals surface area contributed by atoms with Crippen LogP contribution in [0.3, 0.4) is 0 Å². The molecule has 0 aromatic rings. The first-order valence-electron chi connectivity index (χ1n) is 5.90. The van der Waals surface area contributed by atoms with Crippen molar-refractivity contribution in [1.82, 2.24) is 0 Å². The highest BCUT2D eigenvalue weighted by Crippen LogP contribution is 2.19. The van der Waals surface area contributed by atoms with Crippen LogP contribution < -0.4 is 0 Å². The maximum atomic E-state index is 11.5. The summed E-state index contributed by atoms with van der Waals surface area (Å²) in [4.78, 5) is 11.5. The molecule has 2 nitrogen and oxygen atoms in total. The van der Waals surface area contributed by atoms with Gasteiger partial charge in [-0.2, -0.15) is 0 Å². The molecule has 0 amide bonds. The fraction of sp³-hybridized carbons (Fsp3) is 0.615. The largest absolute Gasteiger partial charge is 0.498 e. The minimum Gasteiger partial charge on any atom is -0.498 e. The number of ether oxygens (including phenoxy) is 1. The van der Waals surface area contributed by atoms with Crippen molar-refractivity contribution in [2.75, 3.05) is 11.9 Å². The average molecular weight is 287 g/mol. The predicted octanol–water partition coefficient (Wildman–Crippen LogP) is 3.76. The van der Waals surface area contributed by atoms with Crippen LogP contribution in [0.4, 0.5) is 0 Å². The van der Waals surface area contributed by atoms with E-state index in [9.17, 15) is 4.79 Å². The Morgan fingerprint density at radius 2 is 2.31 bits per heavy atom. The highest BCUT2D eigenvalue weighted by atomic mass is 79.9. The lowest BCUT2D eigenvalue weighted by Gasteiger charge is -2.14. The first kappa shape index (κ1) is 13.5. The molecule has 90 valence electrons. The molecule has 0 saturated heterocycles. The molecule has 16 heavy (non-hydrogen) atoms. The number of carbonyl (C=O) groups is 1. The van der Waals surface area contributed by atoms with Gasteiger partial charge in [0.1, 0.15) is 0 Å². The van der Waals surface area contributed by atoms with Crippen LogP contribution in [0, 0.1) is 0 Å². The van der Waals surface area contributed by atoms with E-state index < -0.39 is 0 Å². The van der Waals surface area contributed by atoms with E-state index in [4.69, 9.17) is 4.74 Å². The van der Waals surface area contributed by atoms with E-state index in [0.29, 0.717) is 5.33 Å². The third-order valence-corrected chi connectivity index (χ3v) is 3.06. The van der Waals surface area contributed by atoms with E-state index in [2.05, 4.69) is 22.9 Å². The molecule has 0 heterocycles. The molecule has 1 aliphatic rings. The molecule has 0 aromatic carbocycles. The molecule has 3 heteroatoms. The van der Waals surface area contributed by atoms with Gasteiger partial charge in [0.15, 0.2) is 5.78 Å². The third kappa shape index (κ3) is 4.52. The maximum Gasteiger partial charge on any atom is 0.173 e. The van der Waals surface area contributed by atoms with Gasteiger partial charge in [0.05, 0.1) is 17.7 Å². The molecule has 0 spiro atoms. The summed E-state index contributed by atoms with van der Waals surface area (Å²) < 4.78 is 5.66. The average Bonchev–Trinajstić information content (AvgIpc) is 2.34. The molecular formula is C13H19BrO2. The SMILES string of the molecule is CCCCCOC1=CC(C(=O)CBr)=CCC1. The number of Topliss-reactive ketones (excluding diaryl/α,β-unsaturated/α-hetero) is 1. The zero-order chi connectivity index (χ0) is 11.8. The lowest BCUT2D eigenvalue weighted by Crippen LogP contribution is -2.07. The Kier molecular flexibility index (Phi) is 6.46. The second-order valence-corrected chi connectivity index (χ2v) is 4.48. The summed E-state index contributed by atoms with van der Waals surface area (Å²) in [5.41, 5.74) is 0.786. The lowest BCUT2D eigenvalue weighted by atomic mass is 10.0. The fourth-order valence-electron chi connectivity index (χ4n) is 1.62. The summed E-state index contributed by atoms with van der Waals surface area (Å²) in [5.74, 6) is 1.09. The van der Waals surface area contributed by atoms with Crippen molar-refractivity contribution in [2.24, 2.45) is 0 Å². The minimum atomic E-state index is 0.134. The lowest BCUT2D eigenvalue weighted by molar-refractivity contribution is -0.112. The number of hydrogen-bond donors (Lipinski definition) is 0. The van der Waals surface area contributed by atoms with E-state index in [1.165, 1.54) is 12.8 Å². The van der Waals surface area contributed by atoms with Crippen LogP contribution in [0.1, 0.15) is 39.0 Å². The van der Waals surface area contributed by atoms with Crippen LogP contribution in [-0.4, -0.2) is 17.7 Å². The van der Waals surface area contributed by atoms with Crippen molar-refractivity contribution in [2.45, 2.75) is 39.0 Å². The minimum absolute atomic E-state index is 0.134. The van der Waals surface area contributed by atoms with Crippen LogP contribution in [-0.2, 0) is 9.53 Å². The summed E-state index contributed by atoms with van der Waals surface area (Å²) in [6.45, 7) is 2.95. The number of halogens is 1. The van der Waals surface area contributed by atoms with Gasteiger partial charge in [-0.25, -0.2) is 0 Å². The number of hydrogen-bond acceptors (Lipinski definition) is 2. The van der Waals surface area contributed by atoms with E-state index in [1.807, 2.05) is 12.2 Å². The van der Waals surface area contributed by atoms with Gasteiger partial charge >= 0.3 is 0 Å². The van der Waals surface area contributed by atoms with E-state index in [0.717, 1.165) is 37.2 Å². The van der Waals surface area contributed by atoms with Gasteiger partial charge in [-0.05, 0) is 18.9 Å². The molecular weight excluding hydrogens is 268 g/mol. The first-order valence-corrected chi connectivity index (χ1v) is 7.02. The summed E-state index contributed by atoms with van der Waals surface area (Å²) >= 11 is 3.18. The summed E-state index contributed by atoms with van der Waals surface area (Å²) in [5, 5.41) is 0.387. The maximum absolute atomic E-state index is 11.5. The van der Waals surface area contributed by atoms with Crippen molar-refractivity contribution in [3.8, 4) is 0 Å². The van der Waals surface area contributed by atoms with Crippen LogP contribution in [0.5, 0.6) is 0 Å². The second kappa shape index (κ2) is 7.66. The van der Waals surface area contributed by atoms with Crippen molar-refractivity contribution in [1.29, 1.82) is 0 Å². The van der Waals surface area contributed by atoms with Gasteiger partial charge in [-0.3, -0.25) is 4.79 Å². The summed E-state index contributed by atoms with van der Waals surface area (Å²) in [6.07, 6.45) is 9.21. The molecule has 1 rings (SSSR count). The number of carbonyl (C=O) groups excluding carboxylic acids is 1. The number of unbranched alkanes of at least 4 members (excludes halogenated alkanes) is 2. The molecule has 0 unspecified atom stereocenters. The topological polar surface area (TPSA) is 26.3 Å². The van der Waals surface area contributed by atoms with E-state index >= 15 is 0 Å². The zero-order valence-electron chi connectivity index (χ0n) is 9.80. The number of alkyl halides is 1. The molecule has 0 saturated carbocycles. The van der Waals surface area contributed by atoms with E-state index in [1.54, 1.807) is 0 Å². The van der Waals surface area contributed by atoms with Gasteiger partial charge in [0, 0.05) is 12.0 Å². The third-order valence-electron chi connectivity index (χ3n) is 2.55. The molecule has 0 fully saturated rings. The Morgan fingerprint density at radius 1 is 1.50 bits per heavy atom. The van der Waals surface area contributed by atoms with Crippen molar-refractivity contribution >= 4 is 21.7 Å². The first-order chi connectivity index (χ1) is 7.77. The van der Waals surface area contributed by atoms with Gasteiger partial charge in [-0.1, -0.05) is 41.8 Å². The van der Waals surface area contributed by atoms with Crippen molar-refractivity contribution in [3.63, 3.8) is 0 Å². The molecule has 0 atom stereocenters. The van der Waals surface area contributed by atoms with Gasteiger partial charge in [0.2, 0.25) is 0 Å². The summed E-state index contributed by atoms with van der Waals surface area (Å²) in [6, 6.07) is 0. The van der Waals surface area contributed by atoms with Crippen LogP contribution in [0.25, 0.3) is 0 Å². The molecule has 0 N–H and O–H groups in total. The van der Waals surface area contributed by atoms with E-state index in [-0.39, 0.29) is 5.78 Å². The Hall–Kier alpha value is -0.570. The summed E-state index contributed by atoms with van der Waals surface area (Å²) in [7, 11) is 0. The Morgan fingerprint density at radius 3 is 3.00 bits per heavy atom. The van der Waals surface area contributed by atoms with Crippen molar-refractivity contribution < 1.29 is 9.53 Å². The molecule has 0 bridgehead atoms. The number of rotatable bonds is 7. The highest BCUT2D eigenvalue weighted by molar-refractivity contribution is 9.09. The predicted molar refractivity (Wildman–Crippen MR) is 69.7 cm³/mol. The number of allylic oxidation sites excluding steroid dienone is 4. The quantitative estimate of drug-likeness (QED) is 0.526. The van der Waals surface area contributed by atoms with Crippen molar-refractivity contribution in [3.05, 3.63) is 23.5 Å². The van der Waals surface area contributed by atoms with Crippen LogP contribution >= 0.6 is 15.9 Å². The molecule has 0 radical (unpaired) electrons. The fourth-order valence-corrected chi connectivity index (χ4v) is 1.94. The van der Waals surface area contributed by atoms with Gasteiger partial charge < -0.3 is 4.74 Å².